The Bertz CT molecular complexity index is 520. The predicted octanol–water partition coefficient (Wildman–Crippen LogP) is 1.54. The van der Waals surface area contributed by atoms with Gasteiger partial charge in [0.05, 0.1) is 4.90 Å². The highest BCUT2D eigenvalue weighted by molar-refractivity contribution is 9.10. The van der Waals surface area contributed by atoms with E-state index in [-0.39, 0.29) is 6.54 Å². The largest absolute Gasteiger partial charge is 0.326 e. The maximum Gasteiger partial charge on any atom is 0.200 e. The number of fused-ring (bicyclic) bond motifs is 1. The highest BCUT2D eigenvalue weighted by Crippen LogP contribution is 2.34. The summed E-state index contributed by atoms with van der Waals surface area (Å²) >= 11 is 3.30. The lowest BCUT2D eigenvalue weighted by molar-refractivity contribution is 0.605. The molecule has 3 nitrogen and oxygen atoms in total. The van der Waals surface area contributed by atoms with Crippen LogP contribution in [0.1, 0.15) is 5.56 Å². The maximum atomic E-state index is 11.6. The second kappa shape index (κ2) is 3.18. The van der Waals surface area contributed by atoms with E-state index in [9.17, 15) is 8.42 Å². The van der Waals surface area contributed by atoms with E-state index in [0.717, 1.165) is 4.47 Å². The van der Waals surface area contributed by atoms with Crippen LogP contribution in [0.2, 0.25) is 0 Å². The molecule has 0 fully saturated rings. The van der Waals surface area contributed by atoms with E-state index in [0.29, 0.717) is 16.0 Å². The second-order valence-electron chi connectivity index (χ2n) is 3.03. The van der Waals surface area contributed by atoms with Crippen molar-refractivity contribution in [3.8, 4) is 0 Å². The summed E-state index contributed by atoms with van der Waals surface area (Å²) in [5.74, 6) is 0. The molecule has 0 aliphatic carbocycles. The molecule has 0 atom stereocenters. The van der Waals surface area contributed by atoms with Crippen LogP contribution in [-0.2, 0) is 9.84 Å². The van der Waals surface area contributed by atoms with Gasteiger partial charge in [-0.1, -0.05) is 15.9 Å². The Labute approximate surface area is 90.7 Å². The zero-order valence-electron chi connectivity index (χ0n) is 7.20. The first kappa shape index (κ1) is 9.89. The van der Waals surface area contributed by atoms with Crippen LogP contribution in [-0.4, -0.2) is 15.0 Å². The van der Waals surface area contributed by atoms with Gasteiger partial charge in [0.25, 0.3) is 0 Å². The molecule has 1 aliphatic rings. The highest BCUT2D eigenvalue weighted by atomic mass is 79.9. The highest BCUT2D eigenvalue weighted by Gasteiger charge is 2.25. The van der Waals surface area contributed by atoms with Crippen LogP contribution in [0, 0.1) is 0 Å². The third-order valence-electron chi connectivity index (χ3n) is 2.11. The quantitative estimate of drug-likeness (QED) is 0.845. The van der Waals surface area contributed by atoms with Gasteiger partial charge in [0, 0.05) is 16.4 Å². The summed E-state index contributed by atoms with van der Waals surface area (Å²) < 4.78 is 24.0. The van der Waals surface area contributed by atoms with Crippen molar-refractivity contribution in [2.75, 3.05) is 6.54 Å². The van der Waals surface area contributed by atoms with Crippen LogP contribution in [0.5, 0.6) is 0 Å². The van der Waals surface area contributed by atoms with Gasteiger partial charge in [-0.15, -0.1) is 0 Å². The van der Waals surface area contributed by atoms with Gasteiger partial charge < -0.3 is 5.73 Å². The molecule has 0 amide bonds. The molecule has 1 aromatic rings. The first-order valence-electron chi connectivity index (χ1n) is 4.00. The molecule has 0 saturated carbocycles. The maximum absolute atomic E-state index is 11.6. The van der Waals surface area contributed by atoms with Crippen molar-refractivity contribution in [3.63, 3.8) is 0 Å². The minimum Gasteiger partial charge on any atom is -0.326 e. The van der Waals surface area contributed by atoms with Crippen LogP contribution in [0.4, 0.5) is 0 Å². The standard InChI is InChI=1S/C9H8BrNO2S/c10-7-1-2-9-8(3-7)6(4-11)5-14(9,12)13/h1-3,5H,4,11H2. The third-order valence-corrected chi connectivity index (χ3v) is 4.17. The first-order valence-corrected chi connectivity index (χ1v) is 6.34. The van der Waals surface area contributed by atoms with Gasteiger partial charge in [-0.05, 0) is 29.3 Å². The van der Waals surface area contributed by atoms with Crippen molar-refractivity contribution in [2.24, 2.45) is 5.73 Å². The van der Waals surface area contributed by atoms with E-state index in [1.807, 2.05) is 0 Å². The molecule has 1 heterocycles. The van der Waals surface area contributed by atoms with E-state index in [1.54, 1.807) is 18.2 Å². The molecule has 1 aliphatic heterocycles. The Kier molecular flexibility index (Phi) is 2.25. The molecule has 5 heteroatoms. The zero-order valence-corrected chi connectivity index (χ0v) is 9.60. The first-order chi connectivity index (χ1) is 6.54. The molecule has 14 heavy (non-hydrogen) atoms. The van der Waals surface area contributed by atoms with Gasteiger partial charge in [0.1, 0.15) is 0 Å². The Morgan fingerprint density at radius 3 is 2.71 bits per heavy atom. The lowest BCUT2D eigenvalue weighted by Gasteiger charge is -2.01. The molecular formula is C9H8BrNO2S. The summed E-state index contributed by atoms with van der Waals surface area (Å²) in [7, 11) is -3.25. The fourth-order valence-corrected chi connectivity index (χ4v) is 3.31. The smallest absolute Gasteiger partial charge is 0.200 e. The molecule has 0 bridgehead atoms. The summed E-state index contributed by atoms with van der Waals surface area (Å²) in [6, 6.07) is 5.08. The van der Waals surface area contributed by atoms with Crippen molar-refractivity contribution in [2.45, 2.75) is 4.90 Å². The topological polar surface area (TPSA) is 60.2 Å². The van der Waals surface area contributed by atoms with Gasteiger partial charge >= 0.3 is 0 Å². The molecular weight excluding hydrogens is 266 g/mol. The minimum absolute atomic E-state index is 0.239. The summed E-state index contributed by atoms with van der Waals surface area (Å²) in [6.07, 6.45) is 0. The van der Waals surface area contributed by atoms with Crippen molar-refractivity contribution in [1.29, 1.82) is 0 Å². The van der Waals surface area contributed by atoms with Crippen LogP contribution in [0.15, 0.2) is 33.0 Å². The molecule has 1 aromatic carbocycles. The molecule has 0 aromatic heterocycles. The van der Waals surface area contributed by atoms with Gasteiger partial charge in [-0.25, -0.2) is 8.42 Å². The molecule has 2 rings (SSSR count). The minimum atomic E-state index is -3.25. The Balaban J connectivity index is 2.75. The summed E-state index contributed by atoms with van der Waals surface area (Å²) in [6.45, 7) is 0.239. The van der Waals surface area contributed by atoms with Crippen molar-refractivity contribution in [3.05, 3.63) is 33.6 Å². The van der Waals surface area contributed by atoms with E-state index < -0.39 is 9.84 Å². The predicted molar refractivity (Wildman–Crippen MR) is 58.4 cm³/mol. The van der Waals surface area contributed by atoms with Crippen LogP contribution >= 0.6 is 15.9 Å². The number of hydrogen-bond donors (Lipinski definition) is 1. The SMILES string of the molecule is NCC1=CS(=O)(=O)c2ccc(Br)cc21. The van der Waals surface area contributed by atoms with Gasteiger partial charge in [-0.3, -0.25) is 0 Å². The van der Waals surface area contributed by atoms with E-state index >= 15 is 0 Å². The van der Waals surface area contributed by atoms with Crippen LogP contribution in [0.3, 0.4) is 0 Å². The van der Waals surface area contributed by atoms with Crippen molar-refractivity contribution >= 4 is 31.3 Å². The number of benzene rings is 1. The molecule has 0 spiro atoms. The Morgan fingerprint density at radius 1 is 1.36 bits per heavy atom. The van der Waals surface area contributed by atoms with E-state index in [4.69, 9.17) is 5.73 Å². The number of rotatable bonds is 1. The fourth-order valence-electron chi connectivity index (χ4n) is 1.47. The summed E-state index contributed by atoms with van der Waals surface area (Å²) in [4.78, 5) is 0.348. The molecule has 2 N–H and O–H groups in total. The van der Waals surface area contributed by atoms with Gasteiger partial charge in [0.2, 0.25) is 9.84 Å². The average molecular weight is 274 g/mol. The van der Waals surface area contributed by atoms with Crippen LogP contribution in [0.25, 0.3) is 5.57 Å². The summed E-state index contributed by atoms with van der Waals surface area (Å²) in [5.41, 5.74) is 6.85. The van der Waals surface area contributed by atoms with Crippen LogP contribution < -0.4 is 5.73 Å². The normalized spacial score (nSPS) is 17.7. The fraction of sp³-hybridized carbons (Fsp3) is 0.111. The van der Waals surface area contributed by atoms with E-state index in [2.05, 4.69) is 15.9 Å². The number of sulfone groups is 1. The molecule has 0 radical (unpaired) electrons. The van der Waals surface area contributed by atoms with E-state index in [1.165, 1.54) is 5.41 Å². The number of nitrogens with two attached hydrogens (primary N) is 1. The molecule has 0 unspecified atom stereocenters. The molecule has 74 valence electrons. The van der Waals surface area contributed by atoms with Gasteiger partial charge in [-0.2, -0.15) is 0 Å². The average Bonchev–Trinajstić information content (AvgIpc) is 2.37. The monoisotopic (exact) mass is 273 g/mol. The lowest BCUT2D eigenvalue weighted by atomic mass is 10.1. The third kappa shape index (κ3) is 1.41. The number of halogens is 1. The lowest BCUT2D eigenvalue weighted by Crippen LogP contribution is -2.00. The van der Waals surface area contributed by atoms with Gasteiger partial charge in [0.15, 0.2) is 0 Å². The van der Waals surface area contributed by atoms with Crippen molar-refractivity contribution in [1.82, 2.24) is 0 Å². The molecule has 0 saturated heterocycles. The Hall–Kier alpha value is -0.650. The zero-order chi connectivity index (χ0) is 10.3. The van der Waals surface area contributed by atoms with Crippen molar-refractivity contribution < 1.29 is 8.42 Å². The Morgan fingerprint density at radius 2 is 2.07 bits per heavy atom. The number of hydrogen-bond acceptors (Lipinski definition) is 3. The second-order valence-corrected chi connectivity index (χ2v) is 5.71. The summed E-state index contributed by atoms with van der Waals surface area (Å²) in [5, 5.41) is 1.24.